The third-order valence-electron chi connectivity index (χ3n) is 3.85. The number of hydrogen-bond donors (Lipinski definition) is 1. The lowest BCUT2D eigenvalue weighted by molar-refractivity contribution is 0.420. The number of amidine groups is 1. The monoisotopic (exact) mass is 295 g/mol. The third kappa shape index (κ3) is 4.71. The van der Waals surface area contributed by atoms with Gasteiger partial charge < -0.3 is 10.2 Å². The Bertz CT molecular complexity index is 417. The van der Waals surface area contributed by atoms with Crippen molar-refractivity contribution in [1.29, 1.82) is 0 Å². The number of para-hydroxylation sites is 1. The topological polar surface area (TPSA) is 27.6 Å². The Hall–Kier alpha value is -1.22. The molecule has 1 aliphatic heterocycles. The first kappa shape index (κ1) is 16.8. The predicted molar refractivity (Wildman–Crippen MR) is 90.2 cm³/mol. The lowest BCUT2D eigenvalue weighted by Crippen LogP contribution is -2.38. The summed E-state index contributed by atoms with van der Waals surface area (Å²) in [5.41, 5.74) is 1.28. The summed E-state index contributed by atoms with van der Waals surface area (Å²) in [6.07, 6.45) is 0. The Morgan fingerprint density at radius 2 is 1.90 bits per heavy atom. The molecule has 0 fully saturated rings. The van der Waals surface area contributed by atoms with Gasteiger partial charge in [-0.25, -0.2) is 0 Å². The smallest absolute Gasteiger partial charge is 0.116 e. The van der Waals surface area contributed by atoms with E-state index in [-0.39, 0.29) is 12.4 Å². The molecule has 0 amide bonds. The Labute approximate surface area is 128 Å². The fourth-order valence-corrected chi connectivity index (χ4v) is 2.19. The Morgan fingerprint density at radius 3 is 2.45 bits per heavy atom. The molecule has 4 heteroatoms. The molecule has 0 spiro atoms. The molecule has 0 aromatic heterocycles. The molecule has 0 aliphatic carbocycles. The number of hydrogen-bond acceptors (Lipinski definition) is 3. The molecular formula is C16H26ClN3. The van der Waals surface area contributed by atoms with Crippen LogP contribution in [0.2, 0.25) is 0 Å². The molecule has 1 unspecified atom stereocenters. The zero-order valence-corrected chi connectivity index (χ0v) is 13.5. The molecule has 1 aliphatic rings. The predicted octanol–water partition coefficient (Wildman–Crippen LogP) is 3.21. The van der Waals surface area contributed by atoms with Crippen LogP contribution in [0.5, 0.6) is 0 Å². The van der Waals surface area contributed by atoms with Gasteiger partial charge in [0.1, 0.15) is 5.84 Å². The van der Waals surface area contributed by atoms with Gasteiger partial charge in [-0.1, -0.05) is 39.0 Å². The van der Waals surface area contributed by atoms with Gasteiger partial charge in [-0.05, 0) is 24.0 Å². The van der Waals surface area contributed by atoms with Crippen molar-refractivity contribution in [3.8, 4) is 0 Å². The second kappa shape index (κ2) is 8.15. The number of rotatable bonds is 6. The molecule has 1 atom stereocenters. The average molecular weight is 296 g/mol. The van der Waals surface area contributed by atoms with Crippen molar-refractivity contribution in [3.05, 3.63) is 30.3 Å². The first-order chi connectivity index (χ1) is 9.16. The van der Waals surface area contributed by atoms with Crippen molar-refractivity contribution >= 4 is 23.9 Å². The number of nitrogens with one attached hydrogen (secondary N) is 1. The quantitative estimate of drug-likeness (QED) is 0.873. The second-order valence-corrected chi connectivity index (χ2v) is 5.69. The fourth-order valence-electron chi connectivity index (χ4n) is 2.19. The molecule has 1 aromatic carbocycles. The Morgan fingerprint density at radius 1 is 1.20 bits per heavy atom. The normalized spacial score (nSPS) is 15.3. The summed E-state index contributed by atoms with van der Waals surface area (Å²) in [6.45, 7) is 10.8. The van der Waals surface area contributed by atoms with Gasteiger partial charge >= 0.3 is 0 Å². The molecule has 20 heavy (non-hydrogen) atoms. The second-order valence-electron chi connectivity index (χ2n) is 5.69. The van der Waals surface area contributed by atoms with Crippen molar-refractivity contribution < 1.29 is 0 Å². The largest absolute Gasteiger partial charge is 0.370 e. The molecule has 112 valence electrons. The van der Waals surface area contributed by atoms with Gasteiger partial charge in [0.15, 0.2) is 0 Å². The minimum Gasteiger partial charge on any atom is -0.370 e. The van der Waals surface area contributed by atoms with Crippen molar-refractivity contribution in [2.24, 2.45) is 16.8 Å². The van der Waals surface area contributed by atoms with Crippen LogP contribution in [-0.2, 0) is 0 Å². The summed E-state index contributed by atoms with van der Waals surface area (Å²) in [5.74, 6) is 2.49. The van der Waals surface area contributed by atoms with Crippen LogP contribution in [0.25, 0.3) is 0 Å². The highest BCUT2D eigenvalue weighted by Gasteiger charge is 2.16. The Kier molecular flexibility index (Phi) is 6.86. The summed E-state index contributed by atoms with van der Waals surface area (Å²) >= 11 is 0. The van der Waals surface area contributed by atoms with Gasteiger partial charge in [-0.15, -0.1) is 12.4 Å². The molecule has 1 aromatic rings. The summed E-state index contributed by atoms with van der Waals surface area (Å²) in [5, 5.41) is 3.37. The molecule has 1 heterocycles. The van der Waals surface area contributed by atoms with Crippen LogP contribution in [-0.4, -0.2) is 32.0 Å². The van der Waals surface area contributed by atoms with Crippen LogP contribution in [0.4, 0.5) is 5.69 Å². The first-order valence-electron chi connectivity index (χ1n) is 7.24. The number of halogens is 1. The summed E-state index contributed by atoms with van der Waals surface area (Å²) in [6, 6.07) is 10.6. The van der Waals surface area contributed by atoms with E-state index in [1.54, 1.807) is 0 Å². The van der Waals surface area contributed by atoms with Gasteiger partial charge in [-0.3, -0.25) is 4.99 Å². The van der Waals surface area contributed by atoms with E-state index in [0.29, 0.717) is 11.8 Å². The van der Waals surface area contributed by atoms with E-state index in [9.17, 15) is 0 Å². The van der Waals surface area contributed by atoms with Crippen molar-refractivity contribution in [1.82, 2.24) is 5.32 Å². The minimum absolute atomic E-state index is 0. The highest BCUT2D eigenvalue weighted by molar-refractivity contribution is 5.88. The summed E-state index contributed by atoms with van der Waals surface area (Å²) < 4.78 is 0. The van der Waals surface area contributed by atoms with E-state index in [2.05, 4.69) is 66.3 Å². The van der Waals surface area contributed by atoms with E-state index >= 15 is 0 Å². The van der Waals surface area contributed by atoms with Gasteiger partial charge in [-0.2, -0.15) is 0 Å². The van der Waals surface area contributed by atoms with E-state index in [1.165, 1.54) is 5.69 Å². The van der Waals surface area contributed by atoms with Crippen molar-refractivity contribution in [2.75, 3.05) is 31.1 Å². The SMILES string of the molecule is CC(C)C(C)CN(CC1=NCCN1)c1ccccc1.Cl. The molecule has 1 N–H and O–H groups in total. The van der Waals surface area contributed by atoms with E-state index in [4.69, 9.17) is 0 Å². The van der Waals surface area contributed by atoms with Gasteiger partial charge in [0.2, 0.25) is 0 Å². The van der Waals surface area contributed by atoms with Gasteiger partial charge in [0.05, 0.1) is 13.1 Å². The van der Waals surface area contributed by atoms with E-state index in [1.807, 2.05) is 0 Å². The number of aliphatic imine (C=N–C) groups is 1. The molecular weight excluding hydrogens is 270 g/mol. The maximum absolute atomic E-state index is 4.52. The maximum atomic E-state index is 4.52. The van der Waals surface area contributed by atoms with Crippen molar-refractivity contribution in [3.63, 3.8) is 0 Å². The first-order valence-corrected chi connectivity index (χ1v) is 7.24. The number of anilines is 1. The molecule has 3 nitrogen and oxygen atoms in total. The van der Waals surface area contributed by atoms with Crippen LogP contribution in [0, 0.1) is 11.8 Å². The van der Waals surface area contributed by atoms with Crippen LogP contribution in [0.3, 0.4) is 0 Å². The molecule has 0 saturated carbocycles. The molecule has 0 bridgehead atoms. The number of benzene rings is 1. The van der Waals surface area contributed by atoms with E-state index < -0.39 is 0 Å². The molecule has 2 rings (SSSR count). The van der Waals surface area contributed by atoms with E-state index in [0.717, 1.165) is 32.0 Å². The summed E-state index contributed by atoms with van der Waals surface area (Å²) in [7, 11) is 0. The fraction of sp³-hybridized carbons (Fsp3) is 0.562. The van der Waals surface area contributed by atoms with Crippen molar-refractivity contribution in [2.45, 2.75) is 20.8 Å². The number of nitrogens with zero attached hydrogens (tertiary/aromatic N) is 2. The lowest BCUT2D eigenvalue weighted by atomic mass is 9.97. The Balaban J connectivity index is 0.00000200. The average Bonchev–Trinajstić information content (AvgIpc) is 2.91. The third-order valence-corrected chi connectivity index (χ3v) is 3.85. The standard InChI is InChI=1S/C16H25N3.ClH/c1-13(2)14(3)11-19(12-16-17-9-10-18-16)15-7-5-4-6-8-15;/h4-8,13-14H,9-12H2,1-3H3,(H,17,18);1H. The highest BCUT2D eigenvalue weighted by atomic mass is 35.5. The van der Waals surface area contributed by atoms with Crippen LogP contribution in [0.1, 0.15) is 20.8 Å². The minimum atomic E-state index is 0. The highest BCUT2D eigenvalue weighted by Crippen LogP contribution is 2.18. The lowest BCUT2D eigenvalue weighted by Gasteiger charge is -2.29. The zero-order chi connectivity index (χ0) is 13.7. The van der Waals surface area contributed by atoms with Crippen LogP contribution < -0.4 is 10.2 Å². The van der Waals surface area contributed by atoms with Crippen LogP contribution >= 0.6 is 12.4 Å². The zero-order valence-electron chi connectivity index (χ0n) is 12.7. The van der Waals surface area contributed by atoms with Gasteiger partial charge in [0.25, 0.3) is 0 Å². The summed E-state index contributed by atoms with van der Waals surface area (Å²) in [4.78, 5) is 6.95. The molecule has 0 radical (unpaired) electrons. The molecule has 0 saturated heterocycles. The van der Waals surface area contributed by atoms with Gasteiger partial charge in [0, 0.05) is 18.8 Å². The maximum Gasteiger partial charge on any atom is 0.116 e. The van der Waals surface area contributed by atoms with Crippen LogP contribution in [0.15, 0.2) is 35.3 Å².